The van der Waals surface area contributed by atoms with E-state index in [9.17, 15) is 9.59 Å². The lowest BCUT2D eigenvalue weighted by molar-refractivity contribution is 0.0516. The van der Waals surface area contributed by atoms with Crippen LogP contribution in [0.25, 0.3) is 0 Å². The van der Waals surface area contributed by atoms with Gasteiger partial charge in [0.15, 0.2) is 11.5 Å². The van der Waals surface area contributed by atoms with Crippen molar-refractivity contribution < 1.29 is 27.9 Å². The number of methoxy groups -OCH3 is 2. The lowest BCUT2D eigenvalue weighted by atomic mass is 9.96. The molecular formula is C23H32N2O6. The highest BCUT2D eigenvalue weighted by Gasteiger charge is 2.30. The number of nitrogens with zero attached hydrogens (tertiary/aromatic N) is 2. The number of carbonyl (C=O) groups is 2. The van der Waals surface area contributed by atoms with Crippen LogP contribution in [0.15, 0.2) is 33.1 Å². The van der Waals surface area contributed by atoms with Crippen molar-refractivity contribution >= 4 is 11.8 Å². The minimum atomic E-state index is -0.143. The highest BCUT2D eigenvalue weighted by atomic mass is 16.5. The van der Waals surface area contributed by atoms with Gasteiger partial charge < -0.3 is 28.1 Å². The van der Waals surface area contributed by atoms with E-state index in [0.717, 1.165) is 12.8 Å². The van der Waals surface area contributed by atoms with Crippen LogP contribution in [-0.4, -0.2) is 61.5 Å². The number of rotatable bonds is 9. The molecule has 0 aromatic carbocycles. The molecular weight excluding hydrogens is 400 g/mol. The normalized spacial score (nSPS) is 16.7. The number of likely N-dealkylation sites (tertiary alicyclic amines) is 1. The Morgan fingerprint density at radius 2 is 1.68 bits per heavy atom. The topological polar surface area (TPSA) is 85.4 Å². The van der Waals surface area contributed by atoms with Crippen molar-refractivity contribution in [2.75, 3.05) is 33.9 Å². The number of amides is 2. The van der Waals surface area contributed by atoms with Gasteiger partial charge in [0.25, 0.3) is 11.8 Å². The molecule has 2 aromatic rings. The Morgan fingerprint density at radius 1 is 1.06 bits per heavy atom. The van der Waals surface area contributed by atoms with Crippen LogP contribution in [0.4, 0.5) is 0 Å². The molecule has 1 unspecified atom stereocenters. The molecule has 1 fully saturated rings. The minimum absolute atomic E-state index is 0.0104. The third kappa shape index (κ3) is 5.77. The quantitative estimate of drug-likeness (QED) is 0.602. The van der Waals surface area contributed by atoms with Gasteiger partial charge in [0.1, 0.15) is 24.7 Å². The molecule has 0 bridgehead atoms. The second kappa shape index (κ2) is 10.6. The number of furan rings is 2. The van der Waals surface area contributed by atoms with Crippen molar-refractivity contribution in [2.45, 2.75) is 45.9 Å². The first-order chi connectivity index (χ1) is 14.9. The number of ether oxygens (including phenoxy) is 2. The Kier molecular flexibility index (Phi) is 7.92. The van der Waals surface area contributed by atoms with E-state index < -0.39 is 0 Å². The van der Waals surface area contributed by atoms with Crippen LogP contribution >= 0.6 is 0 Å². The number of hydrogen-bond acceptors (Lipinski definition) is 6. The van der Waals surface area contributed by atoms with Crippen LogP contribution in [0.2, 0.25) is 0 Å². The average Bonchev–Trinajstić information content (AvgIpc) is 3.41. The summed E-state index contributed by atoms with van der Waals surface area (Å²) >= 11 is 0. The van der Waals surface area contributed by atoms with E-state index in [1.165, 1.54) is 0 Å². The van der Waals surface area contributed by atoms with Crippen LogP contribution in [0.1, 0.15) is 59.3 Å². The van der Waals surface area contributed by atoms with Crippen molar-refractivity contribution in [3.8, 4) is 0 Å². The Hall–Kier alpha value is -2.58. The molecule has 1 aliphatic heterocycles. The van der Waals surface area contributed by atoms with Gasteiger partial charge in [-0.2, -0.15) is 0 Å². The summed E-state index contributed by atoms with van der Waals surface area (Å²) in [6.07, 6.45) is 1.85. The van der Waals surface area contributed by atoms with Gasteiger partial charge in [-0.3, -0.25) is 9.59 Å². The molecule has 1 saturated heterocycles. The van der Waals surface area contributed by atoms with Crippen molar-refractivity contribution in [3.63, 3.8) is 0 Å². The third-order valence-corrected chi connectivity index (χ3v) is 5.46. The molecule has 170 valence electrons. The summed E-state index contributed by atoms with van der Waals surface area (Å²) in [5.74, 6) is 1.81. The van der Waals surface area contributed by atoms with Crippen LogP contribution in [0.3, 0.4) is 0 Å². The number of carbonyl (C=O) groups excluding carboxylic acids is 2. The Labute approximate surface area is 183 Å². The number of hydrogen-bond donors (Lipinski definition) is 0. The Balaban J connectivity index is 1.64. The largest absolute Gasteiger partial charge is 0.453 e. The van der Waals surface area contributed by atoms with Crippen molar-refractivity contribution in [1.29, 1.82) is 0 Å². The third-order valence-electron chi connectivity index (χ3n) is 5.46. The summed E-state index contributed by atoms with van der Waals surface area (Å²) in [6.45, 7) is 6.47. The lowest BCUT2D eigenvalue weighted by Gasteiger charge is -2.36. The molecule has 2 aromatic heterocycles. The van der Waals surface area contributed by atoms with Gasteiger partial charge in [-0.05, 0) is 56.9 Å². The van der Waals surface area contributed by atoms with E-state index in [1.807, 2.05) is 23.6 Å². The van der Waals surface area contributed by atoms with Crippen LogP contribution < -0.4 is 0 Å². The Morgan fingerprint density at radius 3 is 2.29 bits per heavy atom. The molecule has 2 amide bonds. The molecule has 31 heavy (non-hydrogen) atoms. The van der Waals surface area contributed by atoms with Gasteiger partial charge in [-0.25, -0.2) is 0 Å². The fourth-order valence-electron chi connectivity index (χ4n) is 3.93. The zero-order valence-corrected chi connectivity index (χ0v) is 18.8. The summed E-state index contributed by atoms with van der Waals surface area (Å²) in [4.78, 5) is 29.6. The smallest absolute Gasteiger partial charge is 0.289 e. The van der Waals surface area contributed by atoms with Crippen LogP contribution in [-0.2, 0) is 22.7 Å². The molecule has 1 atom stereocenters. The molecule has 1 aliphatic rings. The standard InChI is InChI=1S/C23H32N2O6/c1-16(2)25(23(27)21-10-8-19(31-21)15-29-4)13-17-6-5-11-24(12-17)22(26)20-9-7-18(30-20)14-28-3/h7-10,16-17H,5-6,11-15H2,1-4H3. The molecule has 0 saturated carbocycles. The fraction of sp³-hybridized carbons (Fsp3) is 0.565. The van der Waals surface area contributed by atoms with Crippen molar-refractivity contribution in [3.05, 3.63) is 47.3 Å². The lowest BCUT2D eigenvalue weighted by Crippen LogP contribution is -2.46. The maximum Gasteiger partial charge on any atom is 0.289 e. The molecule has 0 aliphatic carbocycles. The van der Waals surface area contributed by atoms with Gasteiger partial charge >= 0.3 is 0 Å². The van der Waals surface area contributed by atoms with Gasteiger partial charge in [0.05, 0.1) is 0 Å². The van der Waals surface area contributed by atoms with E-state index in [0.29, 0.717) is 55.9 Å². The highest BCUT2D eigenvalue weighted by molar-refractivity contribution is 5.92. The van der Waals surface area contributed by atoms with Crippen LogP contribution in [0.5, 0.6) is 0 Å². The summed E-state index contributed by atoms with van der Waals surface area (Å²) in [6, 6.07) is 6.92. The van der Waals surface area contributed by atoms with Gasteiger partial charge in [-0.1, -0.05) is 0 Å². The van der Waals surface area contributed by atoms with E-state index in [-0.39, 0.29) is 23.8 Å². The molecule has 8 nitrogen and oxygen atoms in total. The van der Waals surface area contributed by atoms with E-state index in [1.54, 1.807) is 38.5 Å². The fourth-order valence-corrected chi connectivity index (χ4v) is 3.93. The first-order valence-electron chi connectivity index (χ1n) is 10.7. The van der Waals surface area contributed by atoms with Crippen molar-refractivity contribution in [2.24, 2.45) is 5.92 Å². The van der Waals surface area contributed by atoms with Gasteiger partial charge in [-0.15, -0.1) is 0 Å². The second-order valence-corrected chi connectivity index (χ2v) is 8.21. The van der Waals surface area contributed by atoms with E-state index >= 15 is 0 Å². The molecule has 0 radical (unpaired) electrons. The Bertz CT molecular complexity index is 871. The molecule has 8 heteroatoms. The molecule has 3 heterocycles. The predicted octanol–water partition coefficient (Wildman–Crippen LogP) is 3.57. The van der Waals surface area contributed by atoms with Gasteiger partial charge in [0, 0.05) is 39.9 Å². The monoisotopic (exact) mass is 432 g/mol. The maximum absolute atomic E-state index is 13.1. The van der Waals surface area contributed by atoms with E-state index in [4.69, 9.17) is 18.3 Å². The minimum Gasteiger partial charge on any atom is -0.453 e. The predicted molar refractivity (Wildman–Crippen MR) is 114 cm³/mol. The second-order valence-electron chi connectivity index (χ2n) is 8.21. The van der Waals surface area contributed by atoms with Crippen LogP contribution in [0, 0.1) is 5.92 Å². The SMILES string of the molecule is COCc1ccc(C(=O)N2CCCC(CN(C(=O)c3ccc(COC)o3)C(C)C)C2)o1. The first kappa shape index (κ1) is 23.1. The number of piperidine rings is 1. The molecule has 0 spiro atoms. The van der Waals surface area contributed by atoms with Crippen molar-refractivity contribution in [1.82, 2.24) is 9.80 Å². The average molecular weight is 433 g/mol. The highest BCUT2D eigenvalue weighted by Crippen LogP contribution is 2.23. The zero-order valence-electron chi connectivity index (χ0n) is 18.8. The first-order valence-corrected chi connectivity index (χ1v) is 10.7. The van der Waals surface area contributed by atoms with E-state index in [2.05, 4.69) is 0 Å². The summed E-state index contributed by atoms with van der Waals surface area (Å²) in [7, 11) is 3.17. The summed E-state index contributed by atoms with van der Waals surface area (Å²) in [5.41, 5.74) is 0. The van der Waals surface area contributed by atoms with Gasteiger partial charge in [0.2, 0.25) is 0 Å². The maximum atomic E-state index is 13.1. The molecule has 3 rings (SSSR count). The summed E-state index contributed by atoms with van der Waals surface area (Å²) < 4.78 is 21.4. The zero-order chi connectivity index (χ0) is 22.4. The molecule has 0 N–H and O–H groups in total. The summed E-state index contributed by atoms with van der Waals surface area (Å²) in [5, 5.41) is 0.